The summed E-state index contributed by atoms with van der Waals surface area (Å²) in [6.07, 6.45) is 0. The molecule has 0 aliphatic carbocycles. The Balaban J connectivity index is 2.11. The summed E-state index contributed by atoms with van der Waals surface area (Å²) >= 11 is 5.09. The number of hydrogen-bond donors (Lipinski definition) is 1. The highest BCUT2D eigenvalue weighted by Crippen LogP contribution is 2.22. The van der Waals surface area contributed by atoms with Crippen LogP contribution in [-0.2, 0) is 6.54 Å². The van der Waals surface area contributed by atoms with Crippen LogP contribution in [0.2, 0.25) is 0 Å². The smallest absolute Gasteiger partial charge is 0.252 e. The molecule has 0 unspecified atom stereocenters. The second-order valence-corrected chi connectivity index (χ2v) is 6.00. The number of hydrogen-bond acceptors (Lipinski definition) is 2. The number of carbonyl (C=O) groups is 1. The van der Waals surface area contributed by atoms with Gasteiger partial charge in [0.15, 0.2) is 0 Å². The van der Waals surface area contributed by atoms with E-state index in [0.717, 1.165) is 26.0 Å². The Labute approximate surface area is 119 Å². The summed E-state index contributed by atoms with van der Waals surface area (Å²) in [4.78, 5) is 13.3. The van der Waals surface area contributed by atoms with Gasteiger partial charge in [0.2, 0.25) is 0 Å². The van der Waals surface area contributed by atoms with Gasteiger partial charge in [0, 0.05) is 14.9 Å². The van der Waals surface area contributed by atoms with Crippen molar-refractivity contribution >= 4 is 33.2 Å². The van der Waals surface area contributed by atoms with Crippen molar-refractivity contribution in [3.05, 3.63) is 55.7 Å². The third-order valence-electron chi connectivity index (χ3n) is 2.81. The fourth-order valence-electron chi connectivity index (χ4n) is 1.87. The molecule has 0 fully saturated rings. The van der Waals surface area contributed by atoms with E-state index in [1.165, 1.54) is 0 Å². The molecule has 0 saturated heterocycles. The maximum absolute atomic E-state index is 12.2. The Kier molecular flexibility index (Phi) is 4.19. The summed E-state index contributed by atoms with van der Waals surface area (Å²) in [5, 5.41) is 4.97. The highest BCUT2D eigenvalue weighted by molar-refractivity contribution is 9.10. The molecule has 0 saturated carbocycles. The lowest BCUT2D eigenvalue weighted by Gasteiger charge is -2.09. The monoisotopic (exact) mass is 323 g/mol. The molecule has 1 heterocycles. The molecule has 2 rings (SSSR count). The number of benzene rings is 1. The largest absolute Gasteiger partial charge is 0.347 e. The lowest BCUT2D eigenvalue weighted by atomic mass is 10.0. The van der Waals surface area contributed by atoms with Crippen molar-refractivity contribution in [2.75, 3.05) is 0 Å². The van der Waals surface area contributed by atoms with E-state index in [0.29, 0.717) is 6.54 Å². The molecule has 0 radical (unpaired) electrons. The first-order chi connectivity index (χ1) is 8.59. The zero-order valence-corrected chi connectivity index (χ0v) is 12.7. The molecule has 0 spiro atoms. The minimum Gasteiger partial charge on any atom is -0.347 e. The molecule has 2 aromatic rings. The molecule has 1 N–H and O–H groups in total. The fourth-order valence-corrected chi connectivity index (χ4v) is 3.30. The standard InChI is InChI=1S/C14H14BrNOS/c1-9-4-3-5-10(2)13(9)14(17)16-8-12-11(15)6-7-18-12/h3-7H,8H2,1-2H3,(H,16,17). The van der Waals surface area contributed by atoms with Crippen LogP contribution in [0.5, 0.6) is 0 Å². The van der Waals surface area contributed by atoms with Crippen LogP contribution in [0.3, 0.4) is 0 Å². The molecule has 0 atom stereocenters. The van der Waals surface area contributed by atoms with Gasteiger partial charge in [-0.1, -0.05) is 18.2 Å². The van der Waals surface area contributed by atoms with Crippen LogP contribution in [0.25, 0.3) is 0 Å². The van der Waals surface area contributed by atoms with Crippen LogP contribution in [0.1, 0.15) is 26.4 Å². The van der Waals surface area contributed by atoms with Gasteiger partial charge in [0.05, 0.1) is 6.54 Å². The number of nitrogens with one attached hydrogen (secondary N) is 1. The van der Waals surface area contributed by atoms with Crippen molar-refractivity contribution in [2.45, 2.75) is 20.4 Å². The predicted molar refractivity (Wildman–Crippen MR) is 79.1 cm³/mol. The van der Waals surface area contributed by atoms with Crippen LogP contribution in [0.15, 0.2) is 34.1 Å². The summed E-state index contributed by atoms with van der Waals surface area (Å²) in [6, 6.07) is 7.88. The van der Waals surface area contributed by atoms with Gasteiger partial charge in [-0.3, -0.25) is 4.79 Å². The van der Waals surface area contributed by atoms with Gasteiger partial charge in [-0.05, 0) is 52.4 Å². The van der Waals surface area contributed by atoms with E-state index in [2.05, 4.69) is 21.2 Å². The van der Waals surface area contributed by atoms with E-state index in [9.17, 15) is 4.79 Å². The molecule has 1 amide bonds. The lowest BCUT2D eigenvalue weighted by Crippen LogP contribution is -2.24. The Bertz CT molecular complexity index is 557. The fraction of sp³-hybridized carbons (Fsp3) is 0.214. The van der Waals surface area contributed by atoms with Gasteiger partial charge >= 0.3 is 0 Å². The average Bonchev–Trinajstić information content (AvgIpc) is 2.72. The Morgan fingerprint density at radius 2 is 1.94 bits per heavy atom. The highest BCUT2D eigenvalue weighted by atomic mass is 79.9. The second-order valence-electron chi connectivity index (χ2n) is 4.14. The first-order valence-corrected chi connectivity index (χ1v) is 7.33. The molecule has 1 aromatic heterocycles. The third-order valence-corrected chi connectivity index (χ3v) is 4.74. The summed E-state index contributed by atoms with van der Waals surface area (Å²) < 4.78 is 1.05. The van der Waals surface area contributed by atoms with Crippen LogP contribution in [-0.4, -0.2) is 5.91 Å². The molecule has 0 bridgehead atoms. The van der Waals surface area contributed by atoms with Crippen LogP contribution < -0.4 is 5.32 Å². The van der Waals surface area contributed by atoms with E-state index >= 15 is 0 Å². The molecular weight excluding hydrogens is 310 g/mol. The molecule has 0 aliphatic rings. The van der Waals surface area contributed by atoms with Gasteiger partial charge in [0.25, 0.3) is 5.91 Å². The summed E-state index contributed by atoms with van der Waals surface area (Å²) in [5.74, 6) is -0.00843. The highest BCUT2D eigenvalue weighted by Gasteiger charge is 2.12. The Morgan fingerprint density at radius 1 is 1.28 bits per heavy atom. The van der Waals surface area contributed by atoms with Crippen molar-refractivity contribution in [3.8, 4) is 0 Å². The molecule has 18 heavy (non-hydrogen) atoms. The van der Waals surface area contributed by atoms with Gasteiger partial charge in [-0.2, -0.15) is 0 Å². The van der Waals surface area contributed by atoms with E-state index in [1.807, 2.05) is 43.5 Å². The minimum absolute atomic E-state index is 0.00843. The maximum Gasteiger partial charge on any atom is 0.252 e. The zero-order valence-electron chi connectivity index (χ0n) is 10.3. The van der Waals surface area contributed by atoms with Crippen molar-refractivity contribution in [3.63, 3.8) is 0 Å². The van der Waals surface area contributed by atoms with E-state index in [-0.39, 0.29) is 5.91 Å². The maximum atomic E-state index is 12.2. The molecule has 0 aliphatic heterocycles. The van der Waals surface area contributed by atoms with Crippen molar-refractivity contribution in [1.29, 1.82) is 0 Å². The Morgan fingerprint density at radius 3 is 2.50 bits per heavy atom. The molecule has 2 nitrogen and oxygen atoms in total. The normalized spacial score (nSPS) is 10.4. The number of aryl methyl sites for hydroxylation is 2. The summed E-state index contributed by atoms with van der Waals surface area (Å²) in [7, 11) is 0. The molecular formula is C14H14BrNOS. The van der Waals surface area contributed by atoms with Crippen LogP contribution in [0, 0.1) is 13.8 Å². The number of carbonyl (C=O) groups excluding carboxylic acids is 1. The average molecular weight is 324 g/mol. The number of rotatable bonds is 3. The van der Waals surface area contributed by atoms with Crippen LogP contribution >= 0.6 is 27.3 Å². The second kappa shape index (κ2) is 5.67. The van der Waals surface area contributed by atoms with Gasteiger partial charge in [-0.25, -0.2) is 0 Å². The first-order valence-electron chi connectivity index (χ1n) is 5.66. The topological polar surface area (TPSA) is 29.1 Å². The predicted octanol–water partition coefficient (Wildman–Crippen LogP) is 4.06. The molecule has 94 valence electrons. The van der Waals surface area contributed by atoms with Gasteiger partial charge in [-0.15, -0.1) is 11.3 Å². The minimum atomic E-state index is -0.00843. The van der Waals surface area contributed by atoms with E-state index in [1.54, 1.807) is 11.3 Å². The molecule has 1 aromatic carbocycles. The first kappa shape index (κ1) is 13.3. The zero-order chi connectivity index (χ0) is 13.1. The van der Waals surface area contributed by atoms with Crippen molar-refractivity contribution < 1.29 is 4.79 Å². The quantitative estimate of drug-likeness (QED) is 0.906. The SMILES string of the molecule is Cc1cccc(C)c1C(=O)NCc1sccc1Br. The number of thiophene rings is 1. The molecule has 4 heteroatoms. The summed E-state index contributed by atoms with van der Waals surface area (Å²) in [6.45, 7) is 4.48. The number of amides is 1. The van der Waals surface area contributed by atoms with Crippen molar-refractivity contribution in [2.24, 2.45) is 0 Å². The lowest BCUT2D eigenvalue weighted by molar-refractivity contribution is 0.0950. The third kappa shape index (κ3) is 2.82. The Hall–Kier alpha value is -1.13. The van der Waals surface area contributed by atoms with Gasteiger partial charge in [0.1, 0.15) is 0 Å². The summed E-state index contributed by atoms with van der Waals surface area (Å²) in [5.41, 5.74) is 2.81. The van der Waals surface area contributed by atoms with E-state index in [4.69, 9.17) is 0 Å². The number of halogens is 1. The van der Waals surface area contributed by atoms with Gasteiger partial charge < -0.3 is 5.32 Å². The van der Waals surface area contributed by atoms with E-state index < -0.39 is 0 Å². The van der Waals surface area contributed by atoms with Crippen molar-refractivity contribution in [1.82, 2.24) is 5.32 Å². The van der Waals surface area contributed by atoms with Crippen LogP contribution in [0.4, 0.5) is 0 Å².